The Kier molecular flexibility index (Phi) is 3.01. The lowest BCUT2D eigenvalue weighted by atomic mass is 10.2. The number of rotatable bonds is 2. The third kappa shape index (κ3) is 1.93. The van der Waals surface area contributed by atoms with Gasteiger partial charge in [-0.05, 0) is 28.1 Å². The maximum absolute atomic E-state index is 11.2. The van der Waals surface area contributed by atoms with Crippen LogP contribution in [0.25, 0.3) is 0 Å². The highest BCUT2D eigenvalue weighted by Crippen LogP contribution is 2.14. The lowest BCUT2D eigenvalue weighted by Crippen LogP contribution is -2.01. The van der Waals surface area contributed by atoms with Gasteiger partial charge in [-0.1, -0.05) is 5.92 Å². The molecule has 60 valence electrons. The molecule has 0 atom stereocenters. The molecule has 0 spiro atoms. The zero-order chi connectivity index (χ0) is 8.97. The maximum atomic E-state index is 11.2. The number of Topliss-reactive ketones (excluding diaryl/α,β-unsaturated/α-hetero) is 1. The van der Waals surface area contributed by atoms with Crippen LogP contribution in [0, 0.1) is 12.3 Å². The average molecular weight is 224 g/mol. The van der Waals surface area contributed by atoms with Crippen LogP contribution in [0.3, 0.4) is 0 Å². The number of halogens is 1. The molecule has 1 heterocycles. The molecular formula is C9H6BrNO. The Morgan fingerprint density at radius 3 is 3.08 bits per heavy atom. The largest absolute Gasteiger partial charge is 0.291 e. The molecule has 0 radical (unpaired) electrons. The van der Waals surface area contributed by atoms with Crippen molar-refractivity contribution in [3.8, 4) is 12.3 Å². The fourth-order valence-corrected chi connectivity index (χ4v) is 1.24. The molecule has 0 aliphatic carbocycles. The fraction of sp³-hybridized carbons (Fsp3) is 0.111. The Hall–Kier alpha value is -1.14. The zero-order valence-electron chi connectivity index (χ0n) is 6.25. The van der Waals surface area contributed by atoms with Gasteiger partial charge in [0.15, 0.2) is 5.78 Å². The summed E-state index contributed by atoms with van der Waals surface area (Å²) in [7, 11) is 0. The van der Waals surface area contributed by atoms with Crippen molar-refractivity contribution < 1.29 is 4.79 Å². The monoisotopic (exact) mass is 223 g/mol. The molecule has 12 heavy (non-hydrogen) atoms. The van der Waals surface area contributed by atoms with Gasteiger partial charge in [0, 0.05) is 10.7 Å². The molecule has 0 saturated carbocycles. The van der Waals surface area contributed by atoms with Crippen LogP contribution in [-0.2, 0) is 0 Å². The van der Waals surface area contributed by atoms with Gasteiger partial charge in [-0.15, -0.1) is 6.42 Å². The van der Waals surface area contributed by atoms with Gasteiger partial charge in [0.25, 0.3) is 0 Å². The third-order valence-corrected chi connectivity index (χ3v) is 1.93. The van der Waals surface area contributed by atoms with Gasteiger partial charge in [-0.3, -0.25) is 9.78 Å². The molecule has 0 fully saturated rings. The molecule has 0 bridgehead atoms. The van der Waals surface area contributed by atoms with Crippen LogP contribution >= 0.6 is 15.9 Å². The van der Waals surface area contributed by atoms with Gasteiger partial charge in [-0.2, -0.15) is 0 Å². The van der Waals surface area contributed by atoms with Crippen molar-refractivity contribution >= 4 is 21.7 Å². The van der Waals surface area contributed by atoms with E-state index in [0.29, 0.717) is 10.2 Å². The van der Waals surface area contributed by atoms with Crippen molar-refractivity contribution in [1.82, 2.24) is 4.98 Å². The maximum Gasteiger partial charge on any atom is 0.194 e. The van der Waals surface area contributed by atoms with Crippen molar-refractivity contribution in [3.05, 3.63) is 28.5 Å². The van der Waals surface area contributed by atoms with Crippen LogP contribution in [0.5, 0.6) is 0 Å². The van der Waals surface area contributed by atoms with Crippen LogP contribution in [-0.4, -0.2) is 10.8 Å². The minimum Gasteiger partial charge on any atom is -0.291 e. The summed E-state index contributed by atoms with van der Waals surface area (Å²) in [4.78, 5) is 15.1. The molecule has 0 unspecified atom stereocenters. The highest BCUT2D eigenvalue weighted by molar-refractivity contribution is 9.10. The SMILES string of the molecule is C#CCC(=O)c1ncccc1Br. The predicted octanol–water partition coefficient (Wildman–Crippen LogP) is 2.05. The number of nitrogens with zero attached hydrogens (tertiary/aromatic N) is 1. The van der Waals surface area contributed by atoms with Gasteiger partial charge in [0.05, 0.1) is 6.42 Å². The van der Waals surface area contributed by atoms with Crippen molar-refractivity contribution in [2.75, 3.05) is 0 Å². The number of aromatic nitrogens is 1. The first-order chi connectivity index (χ1) is 5.75. The number of hydrogen-bond donors (Lipinski definition) is 0. The molecule has 1 aromatic rings. The summed E-state index contributed by atoms with van der Waals surface area (Å²) in [6.07, 6.45) is 6.66. The second-order valence-corrected chi connectivity index (χ2v) is 2.99. The van der Waals surface area contributed by atoms with Gasteiger partial charge < -0.3 is 0 Å². The lowest BCUT2D eigenvalue weighted by molar-refractivity contribution is 0.0992. The number of carbonyl (C=O) groups is 1. The summed E-state index contributed by atoms with van der Waals surface area (Å²) in [5, 5.41) is 0. The summed E-state index contributed by atoms with van der Waals surface area (Å²) in [6, 6.07) is 3.51. The second-order valence-electron chi connectivity index (χ2n) is 2.14. The first kappa shape index (κ1) is 8.95. The van der Waals surface area contributed by atoms with Gasteiger partial charge in [-0.25, -0.2) is 0 Å². The number of carbonyl (C=O) groups excluding carboxylic acids is 1. The summed E-state index contributed by atoms with van der Waals surface area (Å²) in [5.74, 6) is 2.15. The summed E-state index contributed by atoms with van der Waals surface area (Å²) in [6.45, 7) is 0. The molecule has 0 aliphatic heterocycles. The summed E-state index contributed by atoms with van der Waals surface area (Å²) in [5.41, 5.74) is 0.399. The molecule has 0 saturated heterocycles. The molecule has 0 aromatic carbocycles. The Balaban J connectivity index is 2.97. The van der Waals surface area contributed by atoms with Crippen LogP contribution < -0.4 is 0 Å². The topological polar surface area (TPSA) is 30.0 Å². The van der Waals surface area contributed by atoms with Crippen LogP contribution in [0.1, 0.15) is 16.9 Å². The van der Waals surface area contributed by atoms with E-state index in [4.69, 9.17) is 6.42 Å². The molecule has 0 aliphatic rings. The van der Waals surface area contributed by atoms with E-state index in [2.05, 4.69) is 26.8 Å². The fourth-order valence-electron chi connectivity index (χ4n) is 0.767. The average Bonchev–Trinajstić information content (AvgIpc) is 2.05. The zero-order valence-corrected chi connectivity index (χ0v) is 7.84. The van der Waals surface area contributed by atoms with E-state index in [0.717, 1.165) is 0 Å². The minimum absolute atomic E-state index is 0.0929. The molecule has 1 rings (SSSR count). The van der Waals surface area contributed by atoms with Gasteiger partial charge in [0.1, 0.15) is 5.69 Å². The molecule has 0 amide bonds. The van der Waals surface area contributed by atoms with E-state index in [1.165, 1.54) is 0 Å². The molecule has 1 aromatic heterocycles. The van der Waals surface area contributed by atoms with E-state index in [1.54, 1.807) is 18.3 Å². The molecule has 0 N–H and O–H groups in total. The summed E-state index contributed by atoms with van der Waals surface area (Å²) < 4.78 is 0.685. The van der Waals surface area contributed by atoms with Crippen LogP contribution in [0.15, 0.2) is 22.8 Å². The lowest BCUT2D eigenvalue weighted by Gasteiger charge is -1.97. The Morgan fingerprint density at radius 2 is 2.50 bits per heavy atom. The standard InChI is InChI=1S/C9H6BrNO/c1-2-4-8(12)9-7(10)5-3-6-11-9/h1,3,5-6H,4H2. The van der Waals surface area contributed by atoms with Crippen LogP contribution in [0.4, 0.5) is 0 Å². The smallest absolute Gasteiger partial charge is 0.194 e. The van der Waals surface area contributed by atoms with Crippen molar-refractivity contribution in [2.45, 2.75) is 6.42 Å². The Bertz CT molecular complexity index is 341. The van der Waals surface area contributed by atoms with E-state index >= 15 is 0 Å². The van der Waals surface area contributed by atoms with E-state index in [1.807, 2.05) is 0 Å². The quantitative estimate of drug-likeness (QED) is 0.568. The number of terminal acetylenes is 1. The van der Waals surface area contributed by atoms with E-state index < -0.39 is 0 Å². The van der Waals surface area contributed by atoms with Crippen molar-refractivity contribution in [3.63, 3.8) is 0 Å². The molecular weight excluding hydrogens is 218 g/mol. The van der Waals surface area contributed by atoms with E-state index in [9.17, 15) is 4.79 Å². The number of pyridine rings is 1. The highest BCUT2D eigenvalue weighted by atomic mass is 79.9. The highest BCUT2D eigenvalue weighted by Gasteiger charge is 2.08. The number of hydrogen-bond acceptors (Lipinski definition) is 2. The van der Waals surface area contributed by atoms with Gasteiger partial charge in [0.2, 0.25) is 0 Å². The van der Waals surface area contributed by atoms with Gasteiger partial charge >= 0.3 is 0 Å². The Labute approximate surface area is 79.1 Å². The second kappa shape index (κ2) is 4.03. The Morgan fingerprint density at radius 1 is 1.75 bits per heavy atom. The van der Waals surface area contributed by atoms with Crippen LogP contribution in [0.2, 0.25) is 0 Å². The normalized spacial score (nSPS) is 9.00. The third-order valence-electron chi connectivity index (χ3n) is 1.29. The van der Waals surface area contributed by atoms with E-state index in [-0.39, 0.29) is 12.2 Å². The first-order valence-corrected chi connectivity index (χ1v) is 4.12. The minimum atomic E-state index is -0.134. The molecule has 2 nitrogen and oxygen atoms in total. The van der Waals surface area contributed by atoms with Crippen molar-refractivity contribution in [1.29, 1.82) is 0 Å². The predicted molar refractivity (Wildman–Crippen MR) is 49.7 cm³/mol. The number of ketones is 1. The molecule has 3 heteroatoms. The summed E-state index contributed by atoms with van der Waals surface area (Å²) >= 11 is 3.21. The first-order valence-electron chi connectivity index (χ1n) is 3.33. The van der Waals surface area contributed by atoms with Crippen molar-refractivity contribution in [2.24, 2.45) is 0 Å².